The summed E-state index contributed by atoms with van der Waals surface area (Å²) in [7, 11) is 1.82. The number of alkyl halides is 3. The lowest BCUT2D eigenvalue weighted by Gasteiger charge is -2.14. The molecule has 0 radical (unpaired) electrons. The van der Waals surface area contributed by atoms with E-state index in [1.54, 1.807) is 13.8 Å². The second kappa shape index (κ2) is 9.99. The van der Waals surface area contributed by atoms with Crippen molar-refractivity contribution < 1.29 is 18.0 Å². The molecule has 5 nitrogen and oxygen atoms in total. The summed E-state index contributed by atoms with van der Waals surface area (Å²) in [6, 6.07) is 4.04. The smallest absolute Gasteiger partial charge is 0.352 e. The number of carbonyl (C=O) groups excluding carboxylic acids is 1. The summed E-state index contributed by atoms with van der Waals surface area (Å²) >= 11 is 0. The van der Waals surface area contributed by atoms with Gasteiger partial charge in [-0.15, -0.1) is 24.8 Å². The Morgan fingerprint density at radius 3 is 2.42 bits per heavy atom. The fourth-order valence-electron chi connectivity index (χ4n) is 2.53. The predicted octanol–water partition coefficient (Wildman–Crippen LogP) is 3.82. The van der Waals surface area contributed by atoms with Crippen molar-refractivity contribution in [2.45, 2.75) is 32.5 Å². The van der Waals surface area contributed by atoms with Gasteiger partial charge in [0.05, 0.1) is 11.0 Å². The molecular formula is C16H23Cl2F3N4O. The Kier molecular flexibility index (Phi) is 9.41. The van der Waals surface area contributed by atoms with Gasteiger partial charge in [-0.2, -0.15) is 13.2 Å². The maximum atomic E-state index is 13.2. The minimum Gasteiger partial charge on any atom is -0.352 e. The van der Waals surface area contributed by atoms with Crippen molar-refractivity contribution in [1.82, 2.24) is 20.2 Å². The first-order valence-electron chi connectivity index (χ1n) is 7.77. The Hall–Kier alpha value is -1.51. The molecule has 0 unspecified atom stereocenters. The topological polar surface area (TPSA) is 58.9 Å². The largest absolute Gasteiger partial charge is 0.449 e. The lowest BCUT2D eigenvalue weighted by molar-refractivity contribution is -0.147. The number of benzene rings is 1. The second-order valence-electron chi connectivity index (χ2n) is 5.81. The van der Waals surface area contributed by atoms with E-state index in [4.69, 9.17) is 0 Å². The van der Waals surface area contributed by atoms with E-state index in [1.807, 2.05) is 7.05 Å². The van der Waals surface area contributed by atoms with E-state index in [0.29, 0.717) is 17.6 Å². The van der Waals surface area contributed by atoms with Crippen LogP contribution in [0.15, 0.2) is 18.2 Å². The monoisotopic (exact) mass is 414 g/mol. The van der Waals surface area contributed by atoms with Crippen molar-refractivity contribution in [2.24, 2.45) is 0 Å². The maximum Gasteiger partial charge on any atom is 0.449 e. The van der Waals surface area contributed by atoms with E-state index >= 15 is 0 Å². The van der Waals surface area contributed by atoms with Crippen molar-refractivity contribution in [3.05, 3.63) is 29.6 Å². The van der Waals surface area contributed by atoms with Crippen LogP contribution in [0.1, 0.15) is 42.5 Å². The fraction of sp³-hybridized carbons (Fsp3) is 0.500. The number of imidazole rings is 1. The van der Waals surface area contributed by atoms with Crippen LogP contribution in [-0.2, 0) is 6.18 Å². The number of hydrogen-bond acceptors (Lipinski definition) is 3. The summed E-state index contributed by atoms with van der Waals surface area (Å²) in [5, 5.41) is 5.71. The average molecular weight is 415 g/mol. The van der Waals surface area contributed by atoms with Gasteiger partial charge in [-0.3, -0.25) is 4.79 Å². The van der Waals surface area contributed by atoms with Crippen LogP contribution >= 0.6 is 24.8 Å². The van der Waals surface area contributed by atoms with E-state index in [0.717, 1.165) is 17.5 Å². The molecule has 0 atom stereocenters. The van der Waals surface area contributed by atoms with Gasteiger partial charge in [0.2, 0.25) is 5.82 Å². The molecule has 2 rings (SSSR count). The zero-order valence-corrected chi connectivity index (χ0v) is 16.3. The first-order valence-corrected chi connectivity index (χ1v) is 7.77. The predicted molar refractivity (Wildman–Crippen MR) is 100 cm³/mol. The molecule has 0 aliphatic rings. The van der Waals surface area contributed by atoms with Gasteiger partial charge in [-0.05, 0) is 52.1 Å². The van der Waals surface area contributed by atoms with Crippen molar-refractivity contribution >= 4 is 41.8 Å². The first kappa shape index (κ1) is 24.5. The van der Waals surface area contributed by atoms with Crippen molar-refractivity contribution in [3.8, 4) is 0 Å². The molecule has 10 heteroatoms. The van der Waals surface area contributed by atoms with E-state index in [1.165, 1.54) is 18.2 Å². The molecule has 0 saturated heterocycles. The van der Waals surface area contributed by atoms with Crippen LogP contribution in [0.4, 0.5) is 13.2 Å². The molecule has 0 fully saturated rings. The van der Waals surface area contributed by atoms with Gasteiger partial charge in [0.25, 0.3) is 5.91 Å². The molecular weight excluding hydrogens is 392 g/mol. The minimum absolute atomic E-state index is 0. The van der Waals surface area contributed by atoms with Crippen LogP contribution in [0, 0.1) is 0 Å². The highest BCUT2D eigenvalue weighted by Gasteiger charge is 2.38. The molecule has 1 amide bonds. The van der Waals surface area contributed by atoms with Gasteiger partial charge < -0.3 is 15.2 Å². The number of aromatic nitrogens is 2. The summed E-state index contributed by atoms with van der Waals surface area (Å²) in [5.41, 5.74) is 0.831. The number of amides is 1. The maximum absolute atomic E-state index is 13.2. The quantitative estimate of drug-likeness (QED) is 0.706. The van der Waals surface area contributed by atoms with Crippen LogP contribution in [0.25, 0.3) is 11.0 Å². The molecule has 2 N–H and O–H groups in total. The number of halogens is 5. The zero-order chi connectivity index (χ0) is 17.9. The molecule has 0 spiro atoms. The van der Waals surface area contributed by atoms with E-state index < -0.39 is 18.0 Å². The van der Waals surface area contributed by atoms with Gasteiger partial charge in [0.1, 0.15) is 0 Å². The van der Waals surface area contributed by atoms with Crippen molar-refractivity contribution in [2.75, 3.05) is 20.1 Å². The van der Waals surface area contributed by atoms with Gasteiger partial charge >= 0.3 is 6.18 Å². The highest BCUT2D eigenvalue weighted by atomic mass is 35.5. The number of nitrogens with one attached hydrogen (secondary N) is 2. The number of rotatable bonds is 6. The summed E-state index contributed by atoms with van der Waals surface area (Å²) in [4.78, 5) is 15.8. The molecule has 0 saturated carbocycles. The molecule has 0 bridgehead atoms. The molecule has 1 aromatic carbocycles. The molecule has 1 heterocycles. The van der Waals surface area contributed by atoms with Crippen molar-refractivity contribution in [3.63, 3.8) is 0 Å². The zero-order valence-electron chi connectivity index (χ0n) is 14.7. The summed E-state index contributed by atoms with van der Waals surface area (Å²) in [6.45, 7) is 4.59. The third kappa shape index (κ3) is 5.49. The second-order valence-corrected chi connectivity index (χ2v) is 5.81. The average Bonchev–Trinajstić information content (AvgIpc) is 2.90. The number of nitrogens with zero attached hydrogens (tertiary/aromatic N) is 2. The highest BCUT2D eigenvalue weighted by molar-refractivity contribution is 5.97. The van der Waals surface area contributed by atoms with Gasteiger partial charge in [0.15, 0.2) is 0 Å². The number of carbonyl (C=O) groups is 1. The van der Waals surface area contributed by atoms with Gasteiger partial charge in [0, 0.05) is 18.2 Å². The molecule has 26 heavy (non-hydrogen) atoms. The van der Waals surface area contributed by atoms with Crippen LogP contribution < -0.4 is 10.6 Å². The lowest BCUT2D eigenvalue weighted by Crippen LogP contribution is -2.26. The Morgan fingerprint density at radius 1 is 1.23 bits per heavy atom. The summed E-state index contributed by atoms with van der Waals surface area (Å²) in [5.74, 6) is -1.26. The lowest BCUT2D eigenvalue weighted by atomic mass is 10.2. The standard InChI is InChI=1S/C16H21F3N4O.2ClH/c1-10(2)23-13-6-5-11(14(24)21-8-4-7-20-3)9-12(13)22-15(23)16(17,18)19;;/h5-6,9-10,20H,4,7-8H2,1-3H3,(H,21,24);2*1H. The van der Waals surface area contributed by atoms with E-state index in [2.05, 4.69) is 15.6 Å². The SMILES string of the molecule is CNCCCNC(=O)c1ccc2c(c1)nc(C(F)(F)F)n2C(C)C.Cl.Cl. The summed E-state index contributed by atoms with van der Waals surface area (Å²) in [6.07, 6.45) is -3.77. The fourth-order valence-corrected chi connectivity index (χ4v) is 2.53. The molecule has 0 aliphatic heterocycles. The molecule has 148 valence electrons. The van der Waals surface area contributed by atoms with Crippen LogP contribution in [0.2, 0.25) is 0 Å². The Morgan fingerprint density at radius 2 is 1.88 bits per heavy atom. The van der Waals surface area contributed by atoms with Gasteiger partial charge in [-0.25, -0.2) is 4.98 Å². The third-order valence-corrected chi connectivity index (χ3v) is 3.61. The van der Waals surface area contributed by atoms with E-state index in [9.17, 15) is 18.0 Å². The Bertz CT molecular complexity index is 732. The van der Waals surface area contributed by atoms with Crippen LogP contribution in [-0.4, -0.2) is 35.6 Å². The third-order valence-electron chi connectivity index (χ3n) is 3.61. The Labute approximate surface area is 162 Å². The minimum atomic E-state index is -4.54. The number of hydrogen-bond donors (Lipinski definition) is 2. The first-order chi connectivity index (χ1) is 11.3. The highest BCUT2D eigenvalue weighted by Crippen LogP contribution is 2.33. The Balaban J connectivity index is 0.00000312. The van der Waals surface area contributed by atoms with Gasteiger partial charge in [-0.1, -0.05) is 0 Å². The van der Waals surface area contributed by atoms with E-state index in [-0.39, 0.29) is 36.2 Å². The molecule has 1 aromatic heterocycles. The summed E-state index contributed by atoms with van der Waals surface area (Å²) < 4.78 is 40.7. The molecule has 2 aromatic rings. The van der Waals surface area contributed by atoms with Crippen molar-refractivity contribution in [1.29, 1.82) is 0 Å². The number of fused-ring (bicyclic) bond motifs is 1. The normalized spacial score (nSPS) is 11.2. The van der Waals surface area contributed by atoms with Crippen LogP contribution in [0.5, 0.6) is 0 Å². The van der Waals surface area contributed by atoms with Crippen LogP contribution in [0.3, 0.4) is 0 Å². The molecule has 0 aliphatic carbocycles.